The lowest BCUT2D eigenvalue weighted by molar-refractivity contribution is -0.148. The summed E-state index contributed by atoms with van der Waals surface area (Å²) in [5, 5.41) is 2.41. The predicted octanol–water partition coefficient (Wildman–Crippen LogP) is 2.97. The summed E-state index contributed by atoms with van der Waals surface area (Å²) in [6.07, 6.45) is -2.09. The van der Waals surface area contributed by atoms with E-state index in [-0.39, 0.29) is 11.5 Å². The molecular formula is C19H22F3NO5. The molecule has 1 atom stereocenters. The number of nitrogens with one attached hydrogen (secondary N) is 1. The molecule has 0 aliphatic carbocycles. The molecule has 0 aromatic heterocycles. The number of halogens is 3. The Balaban J connectivity index is 2.58. The second-order valence-corrected chi connectivity index (χ2v) is 6.34. The van der Waals surface area contributed by atoms with Crippen LogP contribution in [0.1, 0.15) is 31.4 Å². The van der Waals surface area contributed by atoms with Gasteiger partial charge in [-0.1, -0.05) is 26.0 Å². The van der Waals surface area contributed by atoms with Gasteiger partial charge in [-0.15, -0.1) is 0 Å². The number of esters is 2. The van der Waals surface area contributed by atoms with Gasteiger partial charge in [0.2, 0.25) is 0 Å². The zero-order valence-corrected chi connectivity index (χ0v) is 15.7. The minimum atomic E-state index is -4.49. The van der Waals surface area contributed by atoms with Gasteiger partial charge in [0.1, 0.15) is 6.04 Å². The summed E-state index contributed by atoms with van der Waals surface area (Å²) < 4.78 is 47.3. The fourth-order valence-electron chi connectivity index (χ4n) is 2.23. The summed E-state index contributed by atoms with van der Waals surface area (Å²) in [6, 6.07) is 3.52. The highest BCUT2D eigenvalue weighted by Gasteiger charge is 2.30. The fraction of sp³-hybridized carbons (Fsp3) is 0.421. The third-order valence-corrected chi connectivity index (χ3v) is 3.50. The molecule has 0 radical (unpaired) electrons. The van der Waals surface area contributed by atoms with Crippen LogP contribution in [0.15, 0.2) is 30.3 Å². The number of hydrogen-bond donors (Lipinski definition) is 1. The highest BCUT2D eigenvalue weighted by Crippen LogP contribution is 2.29. The minimum absolute atomic E-state index is 0.113. The zero-order chi connectivity index (χ0) is 21.3. The van der Waals surface area contributed by atoms with Crippen LogP contribution in [0, 0.1) is 5.92 Å². The molecule has 0 spiro atoms. The van der Waals surface area contributed by atoms with Gasteiger partial charge in [0.05, 0.1) is 12.7 Å². The van der Waals surface area contributed by atoms with Crippen molar-refractivity contribution in [1.29, 1.82) is 0 Å². The molecule has 1 aromatic rings. The summed E-state index contributed by atoms with van der Waals surface area (Å²) in [4.78, 5) is 35.1. The van der Waals surface area contributed by atoms with E-state index in [1.165, 1.54) is 19.2 Å². The van der Waals surface area contributed by atoms with E-state index in [9.17, 15) is 27.6 Å². The lowest BCUT2D eigenvalue weighted by atomic mass is 10.0. The molecule has 28 heavy (non-hydrogen) atoms. The maximum absolute atomic E-state index is 12.6. The van der Waals surface area contributed by atoms with Crippen molar-refractivity contribution >= 4 is 23.9 Å². The van der Waals surface area contributed by atoms with Gasteiger partial charge in [-0.05, 0) is 36.1 Å². The van der Waals surface area contributed by atoms with Crippen molar-refractivity contribution in [2.24, 2.45) is 5.92 Å². The first-order valence-electron chi connectivity index (χ1n) is 8.42. The molecule has 154 valence electrons. The van der Waals surface area contributed by atoms with Crippen molar-refractivity contribution < 1.29 is 37.0 Å². The van der Waals surface area contributed by atoms with Crippen LogP contribution in [0.3, 0.4) is 0 Å². The normalized spacial score (nSPS) is 12.7. The number of amides is 1. The van der Waals surface area contributed by atoms with Crippen molar-refractivity contribution in [2.45, 2.75) is 32.5 Å². The van der Waals surface area contributed by atoms with E-state index >= 15 is 0 Å². The molecule has 0 aliphatic heterocycles. The van der Waals surface area contributed by atoms with Gasteiger partial charge in [0.15, 0.2) is 6.61 Å². The quantitative estimate of drug-likeness (QED) is 0.535. The van der Waals surface area contributed by atoms with E-state index in [2.05, 4.69) is 10.1 Å². The third kappa shape index (κ3) is 8.24. The lowest BCUT2D eigenvalue weighted by Crippen LogP contribution is -2.44. The van der Waals surface area contributed by atoms with Crippen molar-refractivity contribution in [1.82, 2.24) is 5.32 Å². The third-order valence-electron chi connectivity index (χ3n) is 3.50. The molecule has 0 heterocycles. The first-order chi connectivity index (χ1) is 13.0. The molecule has 1 rings (SSSR count). The Morgan fingerprint density at radius 1 is 1.21 bits per heavy atom. The van der Waals surface area contributed by atoms with Gasteiger partial charge in [-0.2, -0.15) is 13.2 Å². The highest BCUT2D eigenvalue weighted by atomic mass is 19.4. The summed E-state index contributed by atoms with van der Waals surface area (Å²) in [6.45, 7) is 3.08. The standard InChI is InChI=1S/C19H22F3NO5/c1-12(2)9-15(18(26)27-3)23-16(24)11-28-17(25)8-7-13-5-4-6-14(10-13)19(20,21)22/h4-8,10,12,15H,9,11H2,1-3H3,(H,23,24)/b8-7+/t15-/m0/s1. The average molecular weight is 401 g/mol. The lowest BCUT2D eigenvalue weighted by Gasteiger charge is -2.18. The van der Waals surface area contributed by atoms with E-state index in [0.29, 0.717) is 6.42 Å². The molecule has 0 aliphatic rings. The number of rotatable bonds is 8. The number of methoxy groups -OCH3 is 1. The Labute approximate surface area is 160 Å². The van der Waals surface area contributed by atoms with Gasteiger partial charge in [-0.3, -0.25) is 4.79 Å². The molecule has 0 unspecified atom stereocenters. The van der Waals surface area contributed by atoms with Gasteiger partial charge in [-0.25, -0.2) is 9.59 Å². The van der Waals surface area contributed by atoms with Crippen molar-refractivity contribution in [3.8, 4) is 0 Å². The second kappa shape index (κ2) is 10.5. The van der Waals surface area contributed by atoms with E-state index in [1.54, 1.807) is 0 Å². The van der Waals surface area contributed by atoms with Crippen LogP contribution in [0.5, 0.6) is 0 Å². The molecule has 1 N–H and O–H groups in total. The number of benzene rings is 1. The summed E-state index contributed by atoms with van der Waals surface area (Å²) in [7, 11) is 1.19. The summed E-state index contributed by atoms with van der Waals surface area (Å²) in [5.41, 5.74) is -0.694. The second-order valence-electron chi connectivity index (χ2n) is 6.34. The molecule has 0 bridgehead atoms. The molecule has 0 saturated carbocycles. The maximum atomic E-state index is 12.6. The Morgan fingerprint density at radius 2 is 1.89 bits per heavy atom. The first-order valence-corrected chi connectivity index (χ1v) is 8.42. The van der Waals surface area contributed by atoms with Gasteiger partial charge in [0, 0.05) is 6.08 Å². The fourth-order valence-corrected chi connectivity index (χ4v) is 2.23. The van der Waals surface area contributed by atoms with Crippen molar-refractivity contribution in [3.63, 3.8) is 0 Å². The van der Waals surface area contributed by atoms with Gasteiger partial charge >= 0.3 is 18.1 Å². The van der Waals surface area contributed by atoms with Crippen molar-refractivity contribution in [2.75, 3.05) is 13.7 Å². The maximum Gasteiger partial charge on any atom is 0.416 e. The smallest absolute Gasteiger partial charge is 0.416 e. The van der Waals surface area contributed by atoms with Crippen LogP contribution >= 0.6 is 0 Å². The molecular weight excluding hydrogens is 379 g/mol. The monoisotopic (exact) mass is 401 g/mol. The Morgan fingerprint density at radius 3 is 2.46 bits per heavy atom. The topological polar surface area (TPSA) is 81.7 Å². The summed E-state index contributed by atoms with van der Waals surface area (Å²) in [5.74, 6) is -2.11. The van der Waals surface area contributed by atoms with E-state index in [1.807, 2.05) is 13.8 Å². The van der Waals surface area contributed by atoms with Crippen LogP contribution in [-0.4, -0.2) is 37.6 Å². The largest absolute Gasteiger partial charge is 0.467 e. The SMILES string of the molecule is COC(=O)[C@H](CC(C)C)NC(=O)COC(=O)/C=C/c1cccc(C(F)(F)F)c1. The Bertz CT molecular complexity index is 729. The molecule has 1 amide bonds. The van der Waals surface area contributed by atoms with Gasteiger partial charge in [0.25, 0.3) is 5.91 Å². The van der Waals surface area contributed by atoms with E-state index in [4.69, 9.17) is 4.74 Å². The van der Waals surface area contributed by atoms with Crippen LogP contribution in [0.4, 0.5) is 13.2 Å². The van der Waals surface area contributed by atoms with Crippen LogP contribution < -0.4 is 5.32 Å². The Hall–Kier alpha value is -2.84. The van der Waals surface area contributed by atoms with Crippen molar-refractivity contribution in [3.05, 3.63) is 41.5 Å². The first kappa shape index (κ1) is 23.2. The zero-order valence-electron chi connectivity index (χ0n) is 15.7. The number of carbonyl (C=O) groups excluding carboxylic acids is 3. The van der Waals surface area contributed by atoms with Crippen LogP contribution in [-0.2, 0) is 30.0 Å². The van der Waals surface area contributed by atoms with Crippen LogP contribution in [0.2, 0.25) is 0 Å². The number of ether oxygens (including phenoxy) is 2. The molecule has 1 aromatic carbocycles. The predicted molar refractivity (Wildman–Crippen MR) is 94.8 cm³/mol. The van der Waals surface area contributed by atoms with E-state index < -0.39 is 42.2 Å². The van der Waals surface area contributed by atoms with E-state index in [0.717, 1.165) is 24.3 Å². The number of alkyl halides is 3. The molecule has 6 nitrogen and oxygen atoms in total. The van der Waals surface area contributed by atoms with Crippen LogP contribution in [0.25, 0.3) is 6.08 Å². The molecule has 0 saturated heterocycles. The molecule has 9 heteroatoms. The summed E-state index contributed by atoms with van der Waals surface area (Å²) >= 11 is 0. The average Bonchev–Trinajstić information content (AvgIpc) is 2.62. The van der Waals surface area contributed by atoms with Gasteiger partial charge < -0.3 is 14.8 Å². The molecule has 0 fully saturated rings. The highest BCUT2D eigenvalue weighted by molar-refractivity contribution is 5.90. The minimum Gasteiger partial charge on any atom is -0.467 e. The number of hydrogen-bond acceptors (Lipinski definition) is 5. The Kier molecular flexibility index (Phi) is 8.69. The number of carbonyl (C=O) groups is 3.